The molecule has 3 amide bonds. The van der Waals surface area contributed by atoms with E-state index in [9.17, 15) is 14.4 Å². The highest BCUT2D eigenvalue weighted by Crippen LogP contribution is 2.33. The maximum absolute atomic E-state index is 12.9. The number of amides is 3. The molecule has 4 rings (SSSR count). The van der Waals surface area contributed by atoms with Crippen molar-refractivity contribution in [1.29, 1.82) is 0 Å². The summed E-state index contributed by atoms with van der Waals surface area (Å²) < 4.78 is 16.9. The van der Waals surface area contributed by atoms with E-state index in [2.05, 4.69) is 0 Å². The molecule has 0 radical (unpaired) electrons. The molecule has 2 aliphatic heterocycles. The first-order chi connectivity index (χ1) is 14.6. The summed E-state index contributed by atoms with van der Waals surface area (Å²) in [6.07, 6.45) is -0.844. The van der Waals surface area contributed by atoms with E-state index >= 15 is 0 Å². The van der Waals surface area contributed by atoms with Crippen molar-refractivity contribution < 1.29 is 28.6 Å². The molecule has 30 heavy (non-hydrogen) atoms. The number of methoxy groups -OCH3 is 1. The highest BCUT2D eigenvalue weighted by molar-refractivity contribution is 8.14. The van der Waals surface area contributed by atoms with Gasteiger partial charge in [-0.05, 0) is 12.1 Å². The average molecular weight is 428 g/mol. The average Bonchev–Trinajstić information content (AvgIpc) is 3.11. The third kappa shape index (κ3) is 3.86. The van der Waals surface area contributed by atoms with Crippen LogP contribution in [-0.2, 0) is 9.53 Å². The van der Waals surface area contributed by atoms with Crippen LogP contribution in [0, 0.1) is 0 Å². The summed E-state index contributed by atoms with van der Waals surface area (Å²) in [5, 5.41) is -0.343. The third-order valence-corrected chi connectivity index (χ3v) is 5.66. The molecule has 0 aliphatic carbocycles. The van der Waals surface area contributed by atoms with Crippen LogP contribution in [0.15, 0.2) is 48.5 Å². The predicted molar refractivity (Wildman–Crippen MR) is 109 cm³/mol. The van der Waals surface area contributed by atoms with Crippen LogP contribution in [0.3, 0.4) is 0 Å². The van der Waals surface area contributed by atoms with E-state index < -0.39 is 6.23 Å². The lowest BCUT2D eigenvalue weighted by molar-refractivity contribution is -0.136. The summed E-state index contributed by atoms with van der Waals surface area (Å²) in [4.78, 5) is 40.0. The van der Waals surface area contributed by atoms with Crippen LogP contribution < -0.4 is 9.47 Å². The zero-order valence-electron chi connectivity index (χ0n) is 16.3. The molecule has 1 fully saturated rings. The predicted octanol–water partition coefficient (Wildman–Crippen LogP) is 2.90. The molecule has 2 aromatic rings. The second-order valence-electron chi connectivity index (χ2n) is 6.63. The van der Waals surface area contributed by atoms with Crippen molar-refractivity contribution in [3.63, 3.8) is 0 Å². The van der Waals surface area contributed by atoms with Crippen LogP contribution in [0.1, 0.15) is 22.1 Å². The van der Waals surface area contributed by atoms with Gasteiger partial charge in [-0.3, -0.25) is 14.4 Å². The molecule has 9 heteroatoms. The van der Waals surface area contributed by atoms with Crippen LogP contribution in [0.5, 0.6) is 11.5 Å². The maximum Gasteiger partial charge on any atom is 0.291 e. The van der Waals surface area contributed by atoms with Crippen molar-refractivity contribution in [3.05, 3.63) is 59.7 Å². The van der Waals surface area contributed by atoms with Gasteiger partial charge in [0, 0.05) is 12.1 Å². The Morgan fingerprint density at radius 2 is 1.90 bits per heavy atom. The third-order valence-electron chi connectivity index (χ3n) is 4.83. The Morgan fingerprint density at radius 3 is 2.60 bits per heavy atom. The fourth-order valence-corrected chi connectivity index (χ4v) is 4.07. The number of carbonyl (C=O) groups is 3. The standard InChI is InChI=1S/C21H20N2O6S/c1-27-15-8-5-9-16-18(15)19(25)22(13-29-16)10-11-28-20(14-6-3-2-4-7-14)23-17(24)12-30-21(23)26/h2-9,20H,10-13H2,1H3. The molecular formula is C21H20N2O6S. The monoisotopic (exact) mass is 428 g/mol. The minimum atomic E-state index is -0.844. The molecule has 2 heterocycles. The Balaban J connectivity index is 1.47. The normalized spacial score (nSPS) is 17.0. The lowest BCUT2D eigenvalue weighted by Gasteiger charge is -2.31. The molecule has 0 bridgehead atoms. The molecule has 8 nitrogen and oxygen atoms in total. The van der Waals surface area contributed by atoms with Crippen molar-refractivity contribution in [2.45, 2.75) is 6.23 Å². The largest absolute Gasteiger partial charge is 0.496 e. The SMILES string of the molecule is COc1cccc2c1C(=O)N(CCOC(c1ccccc1)N1C(=O)CSC1=O)CO2. The number of ether oxygens (including phenoxy) is 3. The molecule has 0 spiro atoms. The fraction of sp³-hybridized carbons (Fsp3) is 0.286. The molecule has 0 N–H and O–H groups in total. The Hall–Kier alpha value is -3.04. The smallest absolute Gasteiger partial charge is 0.291 e. The quantitative estimate of drug-likeness (QED) is 0.670. The second-order valence-corrected chi connectivity index (χ2v) is 7.55. The highest BCUT2D eigenvalue weighted by Gasteiger charge is 2.37. The van der Waals surface area contributed by atoms with Gasteiger partial charge in [-0.15, -0.1) is 0 Å². The lowest BCUT2D eigenvalue weighted by Crippen LogP contribution is -2.42. The topological polar surface area (TPSA) is 85.4 Å². The van der Waals surface area contributed by atoms with E-state index in [1.54, 1.807) is 30.3 Å². The molecule has 1 unspecified atom stereocenters. The number of fused-ring (bicyclic) bond motifs is 1. The second kappa shape index (κ2) is 8.76. The summed E-state index contributed by atoms with van der Waals surface area (Å²) >= 11 is 0.954. The van der Waals surface area contributed by atoms with Gasteiger partial charge in [0.25, 0.3) is 11.1 Å². The van der Waals surface area contributed by atoms with Gasteiger partial charge < -0.3 is 19.1 Å². The number of imide groups is 1. The minimum absolute atomic E-state index is 0.0792. The zero-order valence-corrected chi connectivity index (χ0v) is 17.1. The van der Waals surface area contributed by atoms with Gasteiger partial charge in [0.05, 0.1) is 19.5 Å². The van der Waals surface area contributed by atoms with E-state index in [4.69, 9.17) is 14.2 Å². The summed E-state index contributed by atoms with van der Waals surface area (Å²) in [7, 11) is 1.50. The molecule has 0 aromatic heterocycles. The van der Waals surface area contributed by atoms with Gasteiger partial charge in [-0.1, -0.05) is 48.2 Å². The number of rotatable bonds is 7. The molecule has 1 atom stereocenters. The van der Waals surface area contributed by atoms with Crippen LogP contribution in [-0.4, -0.2) is 59.6 Å². The lowest BCUT2D eigenvalue weighted by atomic mass is 10.1. The van der Waals surface area contributed by atoms with E-state index in [0.29, 0.717) is 22.6 Å². The van der Waals surface area contributed by atoms with Crippen LogP contribution in [0.4, 0.5) is 4.79 Å². The van der Waals surface area contributed by atoms with Gasteiger partial charge in [-0.25, -0.2) is 4.90 Å². The molecule has 0 saturated carbocycles. The fourth-order valence-electron chi connectivity index (χ4n) is 3.35. The Bertz CT molecular complexity index is 937. The van der Waals surface area contributed by atoms with Crippen molar-refractivity contribution in [1.82, 2.24) is 9.80 Å². The van der Waals surface area contributed by atoms with E-state index in [-0.39, 0.29) is 42.7 Å². The molecule has 156 valence electrons. The van der Waals surface area contributed by atoms with Crippen molar-refractivity contribution in [2.75, 3.05) is 32.7 Å². The van der Waals surface area contributed by atoms with Crippen LogP contribution in [0.2, 0.25) is 0 Å². The van der Waals surface area contributed by atoms with E-state index in [0.717, 1.165) is 16.7 Å². The van der Waals surface area contributed by atoms with Crippen molar-refractivity contribution in [3.8, 4) is 11.5 Å². The first-order valence-corrected chi connectivity index (χ1v) is 10.3. The summed E-state index contributed by atoms with van der Waals surface area (Å²) in [5.74, 6) is 0.493. The minimum Gasteiger partial charge on any atom is -0.496 e. The number of thioether (sulfide) groups is 1. The Morgan fingerprint density at radius 1 is 1.10 bits per heavy atom. The number of hydrogen-bond acceptors (Lipinski definition) is 7. The first-order valence-electron chi connectivity index (χ1n) is 9.34. The first kappa shape index (κ1) is 20.2. The van der Waals surface area contributed by atoms with Crippen molar-refractivity contribution >= 4 is 28.8 Å². The maximum atomic E-state index is 12.9. The Labute approximate surface area is 177 Å². The summed E-state index contributed by atoms with van der Waals surface area (Å²) in [6.45, 7) is 0.416. The summed E-state index contributed by atoms with van der Waals surface area (Å²) in [6, 6.07) is 14.2. The van der Waals surface area contributed by atoms with Gasteiger partial charge in [-0.2, -0.15) is 0 Å². The number of nitrogens with zero attached hydrogens (tertiary/aromatic N) is 2. The van der Waals surface area contributed by atoms with Crippen LogP contribution in [0.25, 0.3) is 0 Å². The van der Waals surface area contributed by atoms with Crippen molar-refractivity contribution in [2.24, 2.45) is 0 Å². The number of hydrogen-bond donors (Lipinski definition) is 0. The summed E-state index contributed by atoms with van der Waals surface area (Å²) in [5.41, 5.74) is 1.06. The zero-order chi connectivity index (χ0) is 21.1. The van der Waals surface area contributed by atoms with E-state index in [1.807, 2.05) is 18.2 Å². The van der Waals surface area contributed by atoms with Gasteiger partial charge >= 0.3 is 0 Å². The molecule has 2 aliphatic rings. The number of benzene rings is 2. The number of carbonyl (C=O) groups excluding carboxylic acids is 3. The van der Waals surface area contributed by atoms with Gasteiger partial charge in [0.15, 0.2) is 13.0 Å². The highest BCUT2D eigenvalue weighted by atomic mass is 32.2. The molecule has 2 aromatic carbocycles. The molecular weight excluding hydrogens is 408 g/mol. The molecule has 1 saturated heterocycles. The van der Waals surface area contributed by atoms with E-state index in [1.165, 1.54) is 12.0 Å². The van der Waals surface area contributed by atoms with Gasteiger partial charge in [0.1, 0.15) is 17.1 Å². The van der Waals surface area contributed by atoms with Crippen LogP contribution >= 0.6 is 11.8 Å². The Kier molecular flexibility index (Phi) is 5.91. The van der Waals surface area contributed by atoms with Gasteiger partial charge in [0.2, 0.25) is 5.91 Å².